The van der Waals surface area contributed by atoms with Gasteiger partial charge in [-0.25, -0.2) is 0 Å². The first-order chi connectivity index (χ1) is 11.1. The second-order valence-electron chi connectivity index (χ2n) is 8.07. The van der Waals surface area contributed by atoms with Crippen molar-refractivity contribution < 1.29 is 9.53 Å². The van der Waals surface area contributed by atoms with E-state index in [0.29, 0.717) is 17.8 Å². The molecule has 124 valence electrons. The molecule has 0 amide bonds. The highest BCUT2D eigenvalue weighted by atomic mass is 35.5. The summed E-state index contributed by atoms with van der Waals surface area (Å²) in [6, 6.07) is 10.9. The third-order valence-corrected chi connectivity index (χ3v) is 7.16. The molecule has 3 heteroatoms. The standard InChI is InChI=1S/C20H25ClO2/c1-23-18(22)20-11-14-9-19(13-20,16-5-3-2-4-6-16)10-15(12-20)17(14)7-8-21/h2-6,14-15,17H,7-13H2,1H3. The van der Waals surface area contributed by atoms with Gasteiger partial charge in [-0.15, -0.1) is 11.6 Å². The molecule has 0 radical (unpaired) electrons. The van der Waals surface area contributed by atoms with Crippen LogP contribution in [0.4, 0.5) is 0 Å². The predicted octanol–water partition coefficient (Wildman–Crippen LogP) is 4.55. The van der Waals surface area contributed by atoms with Crippen LogP contribution in [0.5, 0.6) is 0 Å². The zero-order chi connectivity index (χ0) is 16.1. The Morgan fingerprint density at radius 1 is 1.17 bits per heavy atom. The van der Waals surface area contributed by atoms with Crippen molar-refractivity contribution in [3.05, 3.63) is 35.9 Å². The van der Waals surface area contributed by atoms with Gasteiger partial charge >= 0.3 is 5.97 Å². The lowest BCUT2D eigenvalue weighted by Gasteiger charge is -2.64. The van der Waals surface area contributed by atoms with E-state index in [2.05, 4.69) is 30.3 Å². The van der Waals surface area contributed by atoms with Crippen LogP contribution < -0.4 is 0 Å². The van der Waals surface area contributed by atoms with Crippen molar-refractivity contribution in [1.29, 1.82) is 0 Å². The Morgan fingerprint density at radius 3 is 2.39 bits per heavy atom. The smallest absolute Gasteiger partial charge is 0.311 e. The molecule has 1 aromatic rings. The highest BCUT2D eigenvalue weighted by Crippen LogP contribution is 2.68. The molecular formula is C20H25ClO2. The molecule has 2 atom stereocenters. The van der Waals surface area contributed by atoms with Crippen LogP contribution in [0.15, 0.2) is 30.3 Å². The molecule has 4 aliphatic rings. The van der Waals surface area contributed by atoms with Crippen LogP contribution in [0.3, 0.4) is 0 Å². The molecular weight excluding hydrogens is 308 g/mol. The van der Waals surface area contributed by atoms with Crippen molar-refractivity contribution >= 4 is 17.6 Å². The van der Waals surface area contributed by atoms with Gasteiger partial charge in [-0.05, 0) is 67.3 Å². The molecule has 5 rings (SSSR count). The van der Waals surface area contributed by atoms with Gasteiger partial charge in [0, 0.05) is 5.88 Å². The third kappa shape index (κ3) is 2.25. The SMILES string of the molecule is COC(=O)C12CC3CC(c4ccccc4)(CC(C1)C3CCCl)C2. The number of alkyl halides is 1. The second-order valence-corrected chi connectivity index (χ2v) is 8.45. The van der Waals surface area contributed by atoms with Crippen LogP contribution in [0.1, 0.15) is 44.1 Å². The van der Waals surface area contributed by atoms with Crippen LogP contribution in [0.25, 0.3) is 0 Å². The van der Waals surface area contributed by atoms with Gasteiger partial charge in [0.25, 0.3) is 0 Å². The first-order valence-electron chi connectivity index (χ1n) is 8.82. The zero-order valence-corrected chi connectivity index (χ0v) is 14.5. The van der Waals surface area contributed by atoms with Gasteiger partial charge in [-0.1, -0.05) is 30.3 Å². The van der Waals surface area contributed by atoms with Gasteiger partial charge in [0.2, 0.25) is 0 Å². The van der Waals surface area contributed by atoms with E-state index in [9.17, 15) is 4.79 Å². The molecule has 2 nitrogen and oxygen atoms in total. The Balaban J connectivity index is 1.75. The average molecular weight is 333 g/mol. The Bertz CT molecular complexity index is 581. The second kappa shape index (κ2) is 5.51. The number of esters is 1. The van der Waals surface area contributed by atoms with E-state index in [1.54, 1.807) is 7.11 Å². The monoisotopic (exact) mass is 332 g/mol. The number of carbonyl (C=O) groups is 1. The molecule has 1 aromatic carbocycles. The van der Waals surface area contributed by atoms with Gasteiger partial charge in [0.05, 0.1) is 12.5 Å². The van der Waals surface area contributed by atoms with Gasteiger partial charge in [0.15, 0.2) is 0 Å². The summed E-state index contributed by atoms with van der Waals surface area (Å²) in [4.78, 5) is 12.7. The van der Waals surface area contributed by atoms with Crippen LogP contribution in [-0.4, -0.2) is 19.0 Å². The molecule has 4 bridgehead atoms. The molecule has 0 heterocycles. The normalized spacial score (nSPS) is 41.0. The van der Waals surface area contributed by atoms with Crippen LogP contribution in [-0.2, 0) is 14.9 Å². The number of carbonyl (C=O) groups excluding carboxylic acids is 1. The lowest BCUT2D eigenvalue weighted by molar-refractivity contribution is -0.178. The van der Waals surface area contributed by atoms with Crippen molar-refractivity contribution in [3.63, 3.8) is 0 Å². The minimum atomic E-state index is -0.251. The predicted molar refractivity (Wildman–Crippen MR) is 91.5 cm³/mol. The number of halogens is 1. The van der Waals surface area contributed by atoms with E-state index < -0.39 is 0 Å². The number of methoxy groups -OCH3 is 1. The molecule has 4 aliphatic carbocycles. The van der Waals surface area contributed by atoms with Crippen molar-refractivity contribution in [3.8, 4) is 0 Å². The zero-order valence-electron chi connectivity index (χ0n) is 13.8. The first-order valence-corrected chi connectivity index (χ1v) is 9.36. The third-order valence-electron chi connectivity index (χ3n) is 6.95. The van der Waals surface area contributed by atoms with Crippen LogP contribution in [0.2, 0.25) is 0 Å². The van der Waals surface area contributed by atoms with Crippen molar-refractivity contribution in [2.75, 3.05) is 13.0 Å². The van der Waals surface area contributed by atoms with E-state index in [0.717, 1.165) is 31.6 Å². The number of ether oxygens (including phenoxy) is 1. The molecule has 2 unspecified atom stereocenters. The topological polar surface area (TPSA) is 26.3 Å². The Kier molecular flexibility index (Phi) is 3.72. The summed E-state index contributed by atoms with van der Waals surface area (Å²) in [6.45, 7) is 0. The van der Waals surface area contributed by atoms with Crippen LogP contribution >= 0.6 is 11.6 Å². The average Bonchev–Trinajstić information content (AvgIpc) is 2.57. The van der Waals surface area contributed by atoms with E-state index >= 15 is 0 Å². The molecule has 4 saturated carbocycles. The minimum Gasteiger partial charge on any atom is -0.469 e. The summed E-state index contributed by atoms with van der Waals surface area (Å²) >= 11 is 6.08. The fraction of sp³-hybridized carbons (Fsp3) is 0.650. The number of benzene rings is 1. The first kappa shape index (κ1) is 15.5. The van der Waals surface area contributed by atoms with Gasteiger partial charge in [0.1, 0.15) is 0 Å². The fourth-order valence-corrected chi connectivity index (χ4v) is 6.68. The van der Waals surface area contributed by atoms with Crippen molar-refractivity contribution in [2.45, 2.75) is 43.9 Å². The minimum absolute atomic E-state index is 0.0246. The number of rotatable bonds is 4. The Hall–Kier alpha value is -1.02. The Morgan fingerprint density at radius 2 is 1.83 bits per heavy atom. The highest BCUT2D eigenvalue weighted by Gasteiger charge is 2.64. The summed E-state index contributed by atoms with van der Waals surface area (Å²) in [5.41, 5.74) is 1.34. The van der Waals surface area contributed by atoms with E-state index in [4.69, 9.17) is 16.3 Å². The number of hydrogen-bond donors (Lipinski definition) is 0. The van der Waals surface area contributed by atoms with Gasteiger partial charge < -0.3 is 4.74 Å². The maximum Gasteiger partial charge on any atom is 0.311 e. The highest BCUT2D eigenvalue weighted by molar-refractivity contribution is 6.17. The lowest BCUT2D eigenvalue weighted by atomic mass is 9.40. The molecule has 0 aromatic heterocycles. The summed E-state index contributed by atoms with van der Waals surface area (Å²) in [6.07, 6.45) is 6.51. The molecule has 0 aliphatic heterocycles. The summed E-state index contributed by atoms with van der Waals surface area (Å²) < 4.78 is 5.25. The fourth-order valence-electron chi connectivity index (χ4n) is 6.43. The number of hydrogen-bond acceptors (Lipinski definition) is 2. The molecule has 0 saturated heterocycles. The lowest BCUT2D eigenvalue weighted by Crippen LogP contribution is -2.60. The van der Waals surface area contributed by atoms with E-state index in [1.165, 1.54) is 18.4 Å². The van der Waals surface area contributed by atoms with E-state index in [1.807, 2.05) is 0 Å². The van der Waals surface area contributed by atoms with E-state index in [-0.39, 0.29) is 16.8 Å². The summed E-state index contributed by atoms with van der Waals surface area (Å²) in [7, 11) is 1.55. The quantitative estimate of drug-likeness (QED) is 0.597. The molecule has 4 fully saturated rings. The van der Waals surface area contributed by atoms with Gasteiger partial charge in [-0.3, -0.25) is 4.79 Å². The maximum atomic E-state index is 12.7. The molecule has 0 spiro atoms. The molecule has 0 N–H and O–H groups in total. The van der Waals surface area contributed by atoms with Crippen LogP contribution in [0, 0.1) is 23.2 Å². The maximum absolute atomic E-state index is 12.7. The van der Waals surface area contributed by atoms with Crippen molar-refractivity contribution in [1.82, 2.24) is 0 Å². The van der Waals surface area contributed by atoms with Crippen molar-refractivity contribution in [2.24, 2.45) is 23.2 Å². The largest absolute Gasteiger partial charge is 0.469 e. The summed E-state index contributed by atoms with van der Waals surface area (Å²) in [5, 5.41) is 0. The van der Waals surface area contributed by atoms with Gasteiger partial charge in [-0.2, -0.15) is 0 Å². The molecule has 23 heavy (non-hydrogen) atoms. The summed E-state index contributed by atoms with van der Waals surface area (Å²) in [5.74, 6) is 2.70. The Labute approximate surface area is 143 Å².